The fourth-order valence-corrected chi connectivity index (χ4v) is 2.69. The summed E-state index contributed by atoms with van der Waals surface area (Å²) in [5.41, 5.74) is 1.76. The fraction of sp³-hybridized carbons (Fsp3) is 0.300. The Morgan fingerprint density at radius 1 is 1.11 bits per heavy atom. The molecule has 0 radical (unpaired) electrons. The average molecular weight is 433 g/mol. The van der Waals surface area contributed by atoms with Gasteiger partial charge in [0.2, 0.25) is 0 Å². The second-order valence-corrected chi connectivity index (χ2v) is 6.67. The average Bonchev–Trinajstić information content (AvgIpc) is 2.70. The molecule has 0 atom stereocenters. The molecule has 0 fully saturated rings. The maximum atomic E-state index is 11.7. The minimum Gasteiger partial charge on any atom is -0.492 e. The van der Waals surface area contributed by atoms with Crippen LogP contribution in [0.3, 0.4) is 0 Å². The summed E-state index contributed by atoms with van der Waals surface area (Å²) in [7, 11) is 3.36. The number of aliphatic imine (C=N–C) groups is 1. The lowest BCUT2D eigenvalue weighted by atomic mass is 10.1. The molecule has 3 N–H and O–H groups in total. The number of rotatable bonds is 8. The molecule has 0 aliphatic heterocycles. The molecule has 0 aromatic heterocycles. The molecule has 144 valence electrons. The van der Waals surface area contributed by atoms with Gasteiger partial charge in [-0.2, -0.15) is 0 Å². The Labute approximate surface area is 168 Å². The lowest BCUT2D eigenvalue weighted by Crippen LogP contribution is -2.40. The van der Waals surface area contributed by atoms with Crippen LogP contribution in [0.1, 0.15) is 15.9 Å². The predicted molar refractivity (Wildman–Crippen MR) is 113 cm³/mol. The van der Waals surface area contributed by atoms with Crippen LogP contribution in [0.25, 0.3) is 0 Å². The summed E-state index contributed by atoms with van der Waals surface area (Å²) in [6, 6.07) is 15.4. The molecule has 0 unspecified atom stereocenters. The monoisotopic (exact) mass is 432 g/mol. The fourth-order valence-electron chi connectivity index (χ4n) is 2.43. The highest BCUT2D eigenvalue weighted by atomic mass is 79.9. The van der Waals surface area contributed by atoms with Gasteiger partial charge in [-0.15, -0.1) is 0 Å². The zero-order valence-electron chi connectivity index (χ0n) is 15.6. The van der Waals surface area contributed by atoms with Crippen LogP contribution in [-0.4, -0.2) is 45.7 Å². The van der Waals surface area contributed by atoms with Crippen molar-refractivity contribution in [3.8, 4) is 5.75 Å². The molecule has 0 aliphatic rings. The summed E-state index contributed by atoms with van der Waals surface area (Å²) in [5, 5.41) is 9.12. The van der Waals surface area contributed by atoms with Crippen molar-refractivity contribution in [1.29, 1.82) is 0 Å². The smallest absolute Gasteiger partial charge is 0.251 e. The largest absolute Gasteiger partial charge is 0.492 e. The Morgan fingerprint density at radius 2 is 1.85 bits per heavy atom. The third kappa shape index (κ3) is 7.30. The molecular formula is C20H25BrN4O2. The van der Waals surface area contributed by atoms with Gasteiger partial charge in [-0.1, -0.05) is 28.1 Å². The van der Waals surface area contributed by atoms with E-state index >= 15 is 0 Å². The molecular weight excluding hydrogens is 408 g/mol. The number of hydrogen-bond donors (Lipinski definition) is 3. The van der Waals surface area contributed by atoms with Gasteiger partial charge in [0.25, 0.3) is 5.91 Å². The van der Waals surface area contributed by atoms with Gasteiger partial charge in [0.1, 0.15) is 12.4 Å². The van der Waals surface area contributed by atoms with Gasteiger partial charge in [0, 0.05) is 30.7 Å². The molecule has 0 saturated carbocycles. The summed E-state index contributed by atoms with van der Waals surface area (Å²) in [6.07, 6.45) is 0.793. The topological polar surface area (TPSA) is 74.8 Å². The first-order valence-corrected chi connectivity index (χ1v) is 9.55. The second kappa shape index (κ2) is 11.2. The van der Waals surface area contributed by atoms with Gasteiger partial charge in [0.15, 0.2) is 5.96 Å². The van der Waals surface area contributed by atoms with E-state index in [-0.39, 0.29) is 5.91 Å². The van der Waals surface area contributed by atoms with Crippen LogP contribution in [0.15, 0.2) is 58.0 Å². The van der Waals surface area contributed by atoms with Crippen molar-refractivity contribution in [2.45, 2.75) is 6.42 Å². The summed E-state index contributed by atoms with van der Waals surface area (Å²) < 4.78 is 6.70. The maximum absolute atomic E-state index is 11.7. The standard InChI is InChI=1S/C20H25BrN4O2/c1-22-19(26)16-5-3-4-15(14-16)10-11-24-20(23-2)25-12-13-27-18-8-6-17(21)7-9-18/h3-9,14H,10-13H2,1-2H3,(H,22,26)(H2,23,24,25). The number of carbonyl (C=O) groups excluding carboxylic acids is 1. The lowest BCUT2D eigenvalue weighted by molar-refractivity contribution is 0.0963. The number of nitrogens with one attached hydrogen (secondary N) is 3. The van der Waals surface area contributed by atoms with Crippen LogP contribution in [-0.2, 0) is 6.42 Å². The van der Waals surface area contributed by atoms with E-state index in [0.717, 1.165) is 28.2 Å². The summed E-state index contributed by atoms with van der Waals surface area (Å²) in [6.45, 7) is 1.89. The molecule has 1 amide bonds. The first-order chi connectivity index (χ1) is 13.1. The molecule has 0 spiro atoms. The minimum absolute atomic E-state index is 0.0759. The van der Waals surface area contributed by atoms with Gasteiger partial charge in [-0.05, 0) is 48.4 Å². The van der Waals surface area contributed by atoms with E-state index in [1.54, 1.807) is 14.1 Å². The quantitative estimate of drug-likeness (QED) is 0.340. The Balaban J connectivity index is 1.69. The van der Waals surface area contributed by atoms with Gasteiger partial charge in [-0.3, -0.25) is 9.79 Å². The van der Waals surface area contributed by atoms with Gasteiger partial charge < -0.3 is 20.7 Å². The van der Waals surface area contributed by atoms with E-state index in [1.165, 1.54) is 0 Å². The molecule has 27 heavy (non-hydrogen) atoms. The molecule has 2 aromatic carbocycles. The van der Waals surface area contributed by atoms with Gasteiger partial charge >= 0.3 is 0 Å². The minimum atomic E-state index is -0.0759. The maximum Gasteiger partial charge on any atom is 0.251 e. The first kappa shape index (κ1) is 20.8. The van der Waals surface area contributed by atoms with Crippen molar-refractivity contribution in [1.82, 2.24) is 16.0 Å². The van der Waals surface area contributed by atoms with E-state index in [0.29, 0.717) is 25.3 Å². The molecule has 0 bridgehead atoms. The van der Waals surface area contributed by atoms with Crippen LogP contribution < -0.4 is 20.7 Å². The van der Waals surface area contributed by atoms with E-state index in [2.05, 4.69) is 36.9 Å². The van der Waals surface area contributed by atoms with Crippen molar-refractivity contribution in [2.75, 3.05) is 33.8 Å². The SMILES string of the molecule is CN=C(NCCOc1ccc(Br)cc1)NCCc1cccc(C(=O)NC)c1. The molecule has 0 saturated heterocycles. The van der Waals surface area contributed by atoms with Crippen LogP contribution in [0.5, 0.6) is 5.75 Å². The number of benzene rings is 2. The van der Waals surface area contributed by atoms with E-state index in [4.69, 9.17) is 4.74 Å². The highest BCUT2D eigenvalue weighted by Crippen LogP contribution is 2.15. The predicted octanol–water partition coefficient (Wildman–Crippen LogP) is 2.60. The van der Waals surface area contributed by atoms with E-state index in [9.17, 15) is 4.79 Å². The van der Waals surface area contributed by atoms with Crippen molar-refractivity contribution in [2.24, 2.45) is 4.99 Å². The molecule has 6 nitrogen and oxygen atoms in total. The third-order valence-corrected chi connectivity index (χ3v) is 4.35. The van der Waals surface area contributed by atoms with Crippen LogP contribution >= 0.6 is 15.9 Å². The Hall–Kier alpha value is -2.54. The normalized spacial score (nSPS) is 11.0. The zero-order chi connectivity index (χ0) is 19.5. The third-order valence-electron chi connectivity index (χ3n) is 3.82. The Kier molecular flexibility index (Phi) is 8.64. The molecule has 0 heterocycles. The number of halogens is 1. The number of carbonyl (C=O) groups is 1. The summed E-state index contributed by atoms with van der Waals surface area (Å²) in [4.78, 5) is 15.9. The number of hydrogen-bond acceptors (Lipinski definition) is 3. The molecule has 7 heteroatoms. The molecule has 0 aliphatic carbocycles. The Bertz CT molecular complexity index is 763. The highest BCUT2D eigenvalue weighted by Gasteiger charge is 2.04. The van der Waals surface area contributed by atoms with Crippen molar-refractivity contribution < 1.29 is 9.53 Å². The van der Waals surface area contributed by atoms with E-state index < -0.39 is 0 Å². The number of amides is 1. The first-order valence-electron chi connectivity index (χ1n) is 8.76. The van der Waals surface area contributed by atoms with Crippen LogP contribution in [0.2, 0.25) is 0 Å². The number of ether oxygens (including phenoxy) is 1. The highest BCUT2D eigenvalue weighted by molar-refractivity contribution is 9.10. The van der Waals surface area contributed by atoms with Gasteiger partial charge in [0.05, 0.1) is 6.54 Å². The summed E-state index contributed by atoms with van der Waals surface area (Å²) >= 11 is 3.40. The Morgan fingerprint density at radius 3 is 2.56 bits per heavy atom. The second-order valence-electron chi connectivity index (χ2n) is 5.76. The lowest BCUT2D eigenvalue weighted by Gasteiger charge is -2.13. The van der Waals surface area contributed by atoms with E-state index in [1.807, 2.05) is 48.5 Å². The summed E-state index contributed by atoms with van der Waals surface area (Å²) in [5.74, 6) is 1.48. The van der Waals surface area contributed by atoms with Crippen molar-refractivity contribution >= 4 is 27.8 Å². The van der Waals surface area contributed by atoms with Crippen molar-refractivity contribution in [3.63, 3.8) is 0 Å². The zero-order valence-corrected chi connectivity index (χ0v) is 17.2. The van der Waals surface area contributed by atoms with Crippen molar-refractivity contribution in [3.05, 3.63) is 64.1 Å². The van der Waals surface area contributed by atoms with Crippen LogP contribution in [0.4, 0.5) is 0 Å². The number of guanidine groups is 1. The number of nitrogens with zero attached hydrogens (tertiary/aromatic N) is 1. The molecule has 2 aromatic rings. The molecule has 2 rings (SSSR count). The van der Waals surface area contributed by atoms with Gasteiger partial charge in [-0.25, -0.2) is 0 Å². The van der Waals surface area contributed by atoms with Crippen LogP contribution in [0, 0.1) is 0 Å².